The highest BCUT2D eigenvalue weighted by atomic mass is 35.5. The number of amides is 12. The van der Waals surface area contributed by atoms with Crippen LogP contribution in [0.25, 0.3) is 0 Å². The Hall–Kier alpha value is -7.06. The molecule has 12 amide bonds. The monoisotopic (exact) mass is 1440 g/mol. The van der Waals surface area contributed by atoms with Crippen molar-refractivity contribution < 1.29 is 70.7 Å². The van der Waals surface area contributed by atoms with Gasteiger partial charge in [0.2, 0.25) is 70.9 Å². The average molecular weight is 1440 g/mol. The summed E-state index contributed by atoms with van der Waals surface area (Å²) < 4.78 is 41.6. The highest BCUT2D eigenvalue weighted by molar-refractivity contribution is 6.31. The van der Waals surface area contributed by atoms with Crippen molar-refractivity contribution in [2.24, 2.45) is 23.7 Å². The molecule has 0 unspecified atom stereocenters. The quantitative estimate of drug-likeness (QED) is 0.224. The molecule has 28 heteroatoms. The van der Waals surface area contributed by atoms with E-state index in [2.05, 4.69) is 16.0 Å². The van der Waals surface area contributed by atoms with E-state index < -0.39 is 172 Å². The van der Waals surface area contributed by atoms with Crippen molar-refractivity contribution in [3.8, 4) is 0 Å². The lowest BCUT2D eigenvalue weighted by atomic mass is 9.73. The van der Waals surface area contributed by atoms with Gasteiger partial charge in [-0.2, -0.15) is 13.2 Å². The summed E-state index contributed by atoms with van der Waals surface area (Å²) in [5.74, 6) is -8.58. The lowest BCUT2D eigenvalue weighted by molar-refractivity contribution is -0.162. The van der Waals surface area contributed by atoms with Crippen LogP contribution in [0.4, 0.5) is 13.2 Å². The predicted molar refractivity (Wildman–Crippen MR) is 371 cm³/mol. The number of fused-ring (bicyclic) bond motifs is 2. The molecule has 7 fully saturated rings. The number of alkyl halides is 3. The number of aryl methyl sites for hydroxylation is 1. The van der Waals surface area contributed by atoms with Crippen molar-refractivity contribution >= 4 is 82.5 Å². The number of halogens is 4. The molecule has 4 heterocycles. The van der Waals surface area contributed by atoms with Crippen molar-refractivity contribution in [2.75, 3.05) is 81.6 Å². The number of likely N-dealkylation sites (tertiary alicyclic amines) is 1. The zero-order valence-electron chi connectivity index (χ0n) is 61.2. The van der Waals surface area contributed by atoms with Crippen LogP contribution in [0.15, 0.2) is 18.2 Å². The van der Waals surface area contributed by atoms with Crippen LogP contribution >= 0.6 is 11.6 Å². The van der Waals surface area contributed by atoms with Crippen LogP contribution in [0.1, 0.15) is 193 Å². The maximum atomic E-state index is 15.6. The maximum absolute atomic E-state index is 15.6. The van der Waals surface area contributed by atoms with Gasteiger partial charge in [-0.1, -0.05) is 116 Å². The van der Waals surface area contributed by atoms with Gasteiger partial charge < -0.3 is 60.0 Å². The SMILES string of the molecule is CC[C@H](C)[C@]1(C(C)C)NC(=O)[C@H](CC2CCC2)N(C)C(=O)C[C@@H](C(=O)N2CCCCC2)N(C)C(=O)CN(C)C(=O)C2(CCCC2)NC(=O)[C@@H]2CCCN2C(=O)[C@H](CCc2ccc(C(F)(F)F)c(Cl)c2)NC(=O)CN(C)C(=O)[C@H](CC2CCCCC2)N(C)C(=O)[C@@H]2CCN2C(=O)[C@H](C)N(C)C1=O. The first kappa shape index (κ1) is 79.6. The number of hydrogen-bond donors (Lipinski definition) is 3. The first-order chi connectivity index (χ1) is 47.7. The topological polar surface area (TPSA) is 270 Å². The molecule has 0 aromatic heterocycles. The smallest absolute Gasteiger partial charge is 0.343 e. The third kappa shape index (κ3) is 17.9. The molecular weight excluding hydrogens is 1330 g/mol. The molecule has 562 valence electrons. The summed E-state index contributed by atoms with van der Waals surface area (Å²) in [4.78, 5) is 192. The summed E-state index contributed by atoms with van der Waals surface area (Å²) in [7, 11) is 8.64. The Morgan fingerprint density at radius 1 is 0.604 bits per heavy atom. The van der Waals surface area contributed by atoms with E-state index in [0.29, 0.717) is 57.2 Å². The highest BCUT2D eigenvalue weighted by Gasteiger charge is 2.54. The fraction of sp³-hybridized carbons (Fsp3) is 0.753. The number of carbonyl (C=O) groups is 12. The summed E-state index contributed by atoms with van der Waals surface area (Å²) in [5.41, 5.74) is -3.98. The van der Waals surface area contributed by atoms with Crippen molar-refractivity contribution in [1.29, 1.82) is 0 Å². The second-order valence-corrected chi connectivity index (χ2v) is 30.8. The van der Waals surface area contributed by atoms with Gasteiger partial charge in [0.05, 0.1) is 30.1 Å². The van der Waals surface area contributed by atoms with Crippen LogP contribution in [0.3, 0.4) is 0 Å². The number of piperidine rings is 1. The Bertz CT molecular complexity index is 3230. The van der Waals surface area contributed by atoms with E-state index in [0.717, 1.165) is 79.7 Å². The van der Waals surface area contributed by atoms with Gasteiger partial charge in [0.1, 0.15) is 53.4 Å². The molecule has 1 aromatic carbocycles. The first-order valence-electron chi connectivity index (χ1n) is 36.9. The molecule has 3 aliphatic carbocycles. The molecule has 1 spiro atoms. The fourth-order valence-corrected chi connectivity index (χ4v) is 16.7. The van der Waals surface area contributed by atoms with E-state index in [1.807, 2.05) is 13.8 Å². The van der Waals surface area contributed by atoms with Crippen LogP contribution in [0.5, 0.6) is 0 Å². The van der Waals surface area contributed by atoms with Gasteiger partial charge in [-0.15, -0.1) is 0 Å². The molecule has 0 radical (unpaired) electrons. The van der Waals surface area contributed by atoms with Crippen molar-refractivity contribution in [1.82, 2.24) is 60.0 Å². The van der Waals surface area contributed by atoms with Gasteiger partial charge in [-0.05, 0) is 125 Å². The minimum Gasteiger partial charge on any atom is -0.343 e. The number of carbonyl (C=O) groups excluding carboxylic acids is 12. The number of rotatable bonds is 11. The standard InChI is InChI=1S/C73H110ClF3N12O12/c1-12-46(4)72(45(2)3)70(101)83(8)47(5)64(95)89-38-32-55(89)67(98)86(11)57(41-48-23-15-13-16-24-48)66(97)81(6)43-59(90)78-53(31-29-50-28-30-51(52(74)39-50)73(75,76)77)65(96)88-37-22-27-54(88)62(93)79-71(33-17-18-34-71)69(100)82(7)44-61(92)85(10)58(68(99)87-35-19-14-20-36-87)42-60(91)84(9)56(63(94)80-72)40-49-25-21-26-49/h28,30,39,45-49,53-58H,12-27,29,31-38,40-44H2,1-11H3,(H,78,90)(H,79,93)(H,80,94)/t46-,47-,53-,54-,55-,56-,57-,58-,72-/m0/s1. The van der Waals surface area contributed by atoms with Crippen LogP contribution in [-0.4, -0.2) is 250 Å². The normalized spacial score (nSPS) is 28.5. The van der Waals surface area contributed by atoms with Gasteiger partial charge in [0, 0.05) is 68.5 Å². The number of benzene rings is 1. The summed E-state index contributed by atoms with van der Waals surface area (Å²) in [6.07, 6.45) is 6.47. The van der Waals surface area contributed by atoms with E-state index in [4.69, 9.17) is 11.6 Å². The number of hydrogen-bond acceptors (Lipinski definition) is 12. The van der Waals surface area contributed by atoms with Gasteiger partial charge in [0.15, 0.2) is 0 Å². The highest BCUT2D eigenvalue weighted by Crippen LogP contribution is 2.39. The molecule has 1 aromatic rings. The van der Waals surface area contributed by atoms with Crippen LogP contribution < -0.4 is 16.0 Å². The molecule has 24 nitrogen and oxygen atoms in total. The van der Waals surface area contributed by atoms with Gasteiger partial charge in [-0.3, -0.25) is 57.5 Å². The molecule has 4 saturated heterocycles. The van der Waals surface area contributed by atoms with E-state index >= 15 is 28.8 Å². The molecule has 8 rings (SSSR count). The van der Waals surface area contributed by atoms with Gasteiger partial charge >= 0.3 is 6.18 Å². The minimum atomic E-state index is -4.76. The Morgan fingerprint density at radius 3 is 1.79 bits per heavy atom. The van der Waals surface area contributed by atoms with E-state index in [1.54, 1.807) is 25.7 Å². The largest absolute Gasteiger partial charge is 0.417 e. The molecule has 3 saturated carbocycles. The van der Waals surface area contributed by atoms with Crippen molar-refractivity contribution in [3.63, 3.8) is 0 Å². The summed E-state index contributed by atoms with van der Waals surface area (Å²) >= 11 is 6.15. The Morgan fingerprint density at radius 2 is 1.22 bits per heavy atom. The van der Waals surface area contributed by atoms with Gasteiger partial charge in [0.25, 0.3) is 0 Å². The molecular formula is C73H110ClF3N12O12. The second kappa shape index (κ2) is 34.0. The second-order valence-electron chi connectivity index (χ2n) is 30.4. The van der Waals surface area contributed by atoms with E-state index in [1.165, 1.54) is 77.8 Å². The Labute approximate surface area is 598 Å². The summed E-state index contributed by atoms with van der Waals surface area (Å²) in [6.45, 7) is 8.62. The molecule has 3 N–H and O–H groups in total. The number of likely N-dealkylation sites (N-methyl/N-ethyl adjacent to an activating group) is 6. The van der Waals surface area contributed by atoms with E-state index in [-0.39, 0.29) is 76.3 Å². The Balaban J connectivity index is 1.16. The fourth-order valence-electron chi connectivity index (χ4n) is 16.4. The lowest BCUT2D eigenvalue weighted by Crippen LogP contribution is -2.70. The van der Waals surface area contributed by atoms with Crippen LogP contribution in [0.2, 0.25) is 5.02 Å². The third-order valence-electron chi connectivity index (χ3n) is 23.6. The third-order valence-corrected chi connectivity index (χ3v) is 23.9. The minimum absolute atomic E-state index is 0.0221. The van der Waals surface area contributed by atoms with E-state index in [9.17, 15) is 41.9 Å². The predicted octanol–water partition coefficient (Wildman–Crippen LogP) is 6.18. The average Bonchev–Trinajstić information content (AvgIpc) is 1.52. The maximum Gasteiger partial charge on any atom is 0.417 e. The molecule has 7 aliphatic rings. The zero-order valence-corrected chi connectivity index (χ0v) is 62.0. The summed E-state index contributed by atoms with van der Waals surface area (Å²) in [6, 6.07) is -5.32. The molecule has 0 bridgehead atoms. The molecule has 4 aliphatic heterocycles. The van der Waals surface area contributed by atoms with Crippen LogP contribution in [-0.2, 0) is 70.1 Å². The molecule has 9 atom stereocenters. The Kier molecular flexibility index (Phi) is 26.8. The summed E-state index contributed by atoms with van der Waals surface area (Å²) in [5, 5.41) is 8.36. The van der Waals surface area contributed by atoms with Crippen molar-refractivity contribution in [2.45, 2.75) is 248 Å². The first-order valence-corrected chi connectivity index (χ1v) is 37.3. The van der Waals surface area contributed by atoms with Crippen LogP contribution in [0, 0.1) is 23.7 Å². The molecule has 101 heavy (non-hydrogen) atoms. The number of nitrogens with one attached hydrogen (secondary N) is 3. The number of nitrogens with zero attached hydrogens (tertiary/aromatic N) is 9. The lowest BCUT2D eigenvalue weighted by Gasteiger charge is -2.48. The zero-order chi connectivity index (χ0) is 74.2. The van der Waals surface area contributed by atoms with Crippen molar-refractivity contribution in [3.05, 3.63) is 34.3 Å². The van der Waals surface area contributed by atoms with Gasteiger partial charge in [-0.25, -0.2) is 0 Å².